The fourth-order valence-electron chi connectivity index (χ4n) is 5.71. The van der Waals surface area contributed by atoms with Gasteiger partial charge in [-0.15, -0.1) is 0 Å². The van der Waals surface area contributed by atoms with Gasteiger partial charge in [0.25, 0.3) is 5.91 Å². The van der Waals surface area contributed by atoms with Gasteiger partial charge in [0.1, 0.15) is 5.82 Å². The molecule has 4 N–H and O–H groups in total. The molecule has 1 saturated heterocycles. The second-order valence-electron chi connectivity index (χ2n) is 9.72. The molecule has 1 saturated carbocycles. The second-order valence-corrected chi connectivity index (χ2v) is 10.5. The Hall–Kier alpha value is -3.72. The Bertz CT molecular complexity index is 1320. The van der Waals surface area contributed by atoms with Gasteiger partial charge in [0, 0.05) is 42.1 Å². The van der Waals surface area contributed by atoms with Crippen LogP contribution in [-0.4, -0.2) is 45.8 Å². The minimum Gasteiger partial charge on any atom is -0.369 e. The number of fused-ring (bicyclic) bond motifs is 2. The van der Waals surface area contributed by atoms with Crippen molar-refractivity contribution in [2.75, 3.05) is 23.7 Å². The third-order valence-electron chi connectivity index (χ3n) is 7.47. The quantitative estimate of drug-likeness (QED) is 0.418. The van der Waals surface area contributed by atoms with Crippen molar-refractivity contribution in [3.8, 4) is 11.1 Å². The number of allylic oxidation sites excluding steroid dienone is 1. The number of aromatic nitrogens is 2. The van der Waals surface area contributed by atoms with Gasteiger partial charge in [-0.25, -0.2) is 4.98 Å². The van der Waals surface area contributed by atoms with Gasteiger partial charge < -0.3 is 21.3 Å². The van der Waals surface area contributed by atoms with E-state index in [-0.39, 0.29) is 35.6 Å². The van der Waals surface area contributed by atoms with Crippen molar-refractivity contribution in [2.45, 2.75) is 25.3 Å². The van der Waals surface area contributed by atoms with E-state index in [2.05, 4.69) is 33.1 Å². The van der Waals surface area contributed by atoms with Crippen molar-refractivity contribution in [1.29, 1.82) is 0 Å². The van der Waals surface area contributed by atoms with E-state index in [9.17, 15) is 9.59 Å². The smallest absolute Gasteiger partial charge is 0.253 e. The fraction of sp³-hybridized carbons (Fsp3) is 0.333. The van der Waals surface area contributed by atoms with E-state index in [0.717, 1.165) is 49.2 Å². The number of benzene rings is 1. The molecule has 184 valence electrons. The Morgan fingerprint density at radius 1 is 1.11 bits per heavy atom. The Morgan fingerprint density at radius 2 is 1.94 bits per heavy atom. The summed E-state index contributed by atoms with van der Waals surface area (Å²) in [5.74, 6) is 0.980. The average Bonchev–Trinajstić information content (AvgIpc) is 3.69. The van der Waals surface area contributed by atoms with Gasteiger partial charge in [0.05, 0.1) is 5.92 Å². The number of hydrogen-bond acceptors (Lipinski definition) is 7. The van der Waals surface area contributed by atoms with Crippen LogP contribution in [0, 0.1) is 17.8 Å². The summed E-state index contributed by atoms with van der Waals surface area (Å²) in [6.45, 7) is 1.62. The Balaban J connectivity index is 1.29. The highest BCUT2D eigenvalue weighted by atomic mass is 32.1. The van der Waals surface area contributed by atoms with Crippen molar-refractivity contribution in [3.63, 3.8) is 0 Å². The van der Waals surface area contributed by atoms with Crippen molar-refractivity contribution in [1.82, 2.24) is 14.9 Å². The van der Waals surface area contributed by atoms with Crippen LogP contribution in [0.15, 0.2) is 59.4 Å². The number of nitrogens with two attached hydrogens (primary N) is 1. The van der Waals surface area contributed by atoms with Crippen LogP contribution in [0.25, 0.3) is 11.1 Å². The minimum atomic E-state index is -0.284. The van der Waals surface area contributed by atoms with Crippen molar-refractivity contribution < 1.29 is 9.59 Å². The van der Waals surface area contributed by atoms with Crippen LogP contribution < -0.4 is 16.4 Å². The lowest BCUT2D eigenvalue weighted by molar-refractivity contribution is -0.122. The van der Waals surface area contributed by atoms with E-state index in [1.165, 1.54) is 0 Å². The number of hydrogen-bond donors (Lipinski definition) is 3. The summed E-state index contributed by atoms with van der Waals surface area (Å²) in [7, 11) is 0. The average molecular weight is 501 g/mol. The van der Waals surface area contributed by atoms with Gasteiger partial charge in [0.15, 0.2) is 0 Å². The number of nitrogens with one attached hydrogen (secondary N) is 2. The first-order chi connectivity index (χ1) is 17.6. The lowest BCUT2D eigenvalue weighted by atomic mass is 9.88. The molecule has 0 unspecified atom stereocenters. The first kappa shape index (κ1) is 22.7. The van der Waals surface area contributed by atoms with Gasteiger partial charge >= 0.3 is 0 Å². The monoisotopic (exact) mass is 500 g/mol. The summed E-state index contributed by atoms with van der Waals surface area (Å²) in [5.41, 5.74) is 9.06. The molecule has 3 aromatic rings. The van der Waals surface area contributed by atoms with Gasteiger partial charge in [0.2, 0.25) is 11.9 Å². The van der Waals surface area contributed by atoms with E-state index in [1.807, 2.05) is 40.6 Å². The molecule has 2 aromatic heterocycles. The fourth-order valence-corrected chi connectivity index (χ4v) is 6.36. The van der Waals surface area contributed by atoms with Crippen LogP contribution in [0.2, 0.25) is 0 Å². The maximum Gasteiger partial charge on any atom is 0.253 e. The van der Waals surface area contributed by atoms with Gasteiger partial charge in [-0.05, 0) is 71.7 Å². The van der Waals surface area contributed by atoms with Crippen LogP contribution in [0.3, 0.4) is 0 Å². The standard InChI is InChI=1S/C27H28N6O2S/c28-24(34)22-16-6-7-17(12-16)23(22)31-25-21(19-8-11-36-15-19)14-29-27(32-25)30-20-5-3-4-18(13-20)26(35)33-9-1-2-10-33/h3-8,11,13-17,22-23H,1-2,9-10,12H2,(H2,28,34)(H2,29,30,31,32)/t16-,17+,22+,23-/m1/s1. The van der Waals surface area contributed by atoms with Gasteiger partial charge in [-0.1, -0.05) is 18.2 Å². The molecule has 8 nitrogen and oxygen atoms in total. The molecule has 0 spiro atoms. The zero-order chi connectivity index (χ0) is 24.6. The predicted octanol–water partition coefficient (Wildman–Crippen LogP) is 4.27. The predicted molar refractivity (Wildman–Crippen MR) is 141 cm³/mol. The van der Waals surface area contributed by atoms with E-state index < -0.39 is 0 Å². The highest BCUT2D eigenvalue weighted by molar-refractivity contribution is 7.08. The molecule has 9 heteroatoms. The molecule has 4 atom stereocenters. The number of likely N-dealkylation sites (tertiary alicyclic amines) is 1. The third kappa shape index (κ3) is 4.24. The molecule has 3 aliphatic rings. The topological polar surface area (TPSA) is 113 Å². The van der Waals surface area contributed by atoms with Crippen LogP contribution in [-0.2, 0) is 4.79 Å². The molecule has 0 radical (unpaired) electrons. The molecule has 1 aromatic carbocycles. The summed E-state index contributed by atoms with van der Waals surface area (Å²) in [4.78, 5) is 36.4. The molecule has 2 bridgehead atoms. The summed E-state index contributed by atoms with van der Waals surface area (Å²) >= 11 is 1.60. The third-order valence-corrected chi connectivity index (χ3v) is 8.15. The Labute approximate surface area is 213 Å². The number of amides is 2. The molecule has 2 fully saturated rings. The number of carbonyl (C=O) groups is 2. The number of carbonyl (C=O) groups excluding carboxylic acids is 2. The summed E-state index contributed by atoms with van der Waals surface area (Å²) < 4.78 is 0. The highest BCUT2D eigenvalue weighted by Gasteiger charge is 2.47. The number of nitrogens with zero attached hydrogens (tertiary/aromatic N) is 3. The highest BCUT2D eigenvalue weighted by Crippen LogP contribution is 2.45. The van der Waals surface area contributed by atoms with Crippen molar-refractivity contribution >= 4 is 40.6 Å². The van der Waals surface area contributed by atoms with Crippen LogP contribution >= 0.6 is 11.3 Å². The van der Waals surface area contributed by atoms with E-state index in [4.69, 9.17) is 10.7 Å². The van der Waals surface area contributed by atoms with Crippen LogP contribution in [0.5, 0.6) is 0 Å². The zero-order valence-corrected chi connectivity index (χ0v) is 20.6. The number of anilines is 3. The first-order valence-electron chi connectivity index (χ1n) is 12.4. The maximum atomic E-state index is 12.8. The first-order valence-corrected chi connectivity index (χ1v) is 13.3. The van der Waals surface area contributed by atoms with E-state index in [0.29, 0.717) is 17.3 Å². The number of rotatable bonds is 7. The summed E-state index contributed by atoms with van der Waals surface area (Å²) in [6, 6.07) is 9.36. The lowest BCUT2D eigenvalue weighted by Gasteiger charge is -2.28. The number of thiophene rings is 1. The van der Waals surface area contributed by atoms with Crippen molar-refractivity contribution in [3.05, 3.63) is 65.0 Å². The maximum absolute atomic E-state index is 12.8. The molecular formula is C27H28N6O2S. The normalized spacial score (nSPS) is 24.3. The van der Waals surface area contributed by atoms with E-state index >= 15 is 0 Å². The summed E-state index contributed by atoms with van der Waals surface area (Å²) in [6.07, 6.45) is 9.11. The zero-order valence-electron chi connectivity index (χ0n) is 19.8. The molecule has 2 amide bonds. The van der Waals surface area contributed by atoms with Gasteiger partial charge in [-0.3, -0.25) is 9.59 Å². The SMILES string of the molecule is NC(=O)[C@@H]1[C@H](Nc2nc(Nc3cccc(C(=O)N4CCCC4)c3)ncc2-c2ccsc2)[C@H]2C=C[C@@H]1C2. The van der Waals surface area contributed by atoms with Crippen LogP contribution in [0.1, 0.15) is 29.6 Å². The molecule has 1 aliphatic heterocycles. The largest absolute Gasteiger partial charge is 0.369 e. The molecule has 2 aliphatic carbocycles. The second kappa shape index (κ2) is 9.39. The van der Waals surface area contributed by atoms with E-state index in [1.54, 1.807) is 17.5 Å². The number of primary amides is 1. The molecule has 3 heterocycles. The molecular weight excluding hydrogens is 472 g/mol. The minimum absolute atomic E-state index is 0.0501. The van der Waals surface area contributed by atoms with Crippen LogP contribution in [0.4, 0.5) is 17.5 Å². The lowest BCUT2D eigenvalue weighted by Crippen LogP contribution is -2.41. The van der Waals surface area contributed by atoms with Gasteiger partial charge in [-0.2, -0.15) is 16.3 Å². The molecule has 6 rings (SSSR count). The Kier molecular flexibility index (Phi) is 5.92. The summed E-state index contributed by atoms with van der Waals surface area (Å²) in [5, 5.41) is 10.9. The van der Waals surface area contributed by atoms with Crippen molar-refractivity contribution in [2.24, 2.45) is 23.5 Å². The molecule has 36 heavy (non-hydrogen) atoms. The Morgan fingerprint density at radius 3 is 2.72 bits per heavy atom.